The molecule has 2 fully saturated rings. The highest BCUT2D eigenvalue weighted by Crippen LogP contribution is 2.45. The number of halogens is 1. The number of primary amides is 1. The highest BCUT2D eigenvalue weighted by atomic mass is 19.1. The van der Waals surface area contributed by atoms with E-state index in [1.807, 2.05) is 18.7 Å². The summed E-state index contributed by atoms with van der Waals surface area (Å²) in [4.78, 5) is 25.4. The van der Waals surface area contributed by atoms with Crippen molar-refractivity contribution in [2.24, 2.45) is 11.1 Å². The fourth-order valence-electron chi connectivity index (χ4n) is 3.35. The van der Waals surface area contributed by atoms with Crippen LogP contribution < -0.4 is 16.0 Å². The normalized spacial score (nSPS) is 24.7. The molecule has 1 aromatic rings. The van der Waals surface area contributed by atoms with Gasteiger partial charge in [-0.15, -0.1) is 0 Å². The van der Waals surface area contributed by atoms with E-state index in [9.17, 15) is 14.0 Å². The van der Waals surface area contributed by atoms with Gasteiger partial charge in [-0.1, -0.05) is 6.07 Å². The third-order valence-corrected chi connectivity index (χ3v) is 4.88. The average Bonchev–Trinajstić information content (AvgIpc) is 3.33. The first-order valence-corrected chi connectivity index (χ1v) is 8.59. The van der Waals surface area contributed by atoms with Crippen molar-refractivity contribution in [3.8, 4) is 0 Å². The Hall–Kier alpha value is -2.15. The van der Waals surface area contributed by atoms with Crippen LogP contribution in [0.25, 0.3) is 0 Å². The number of carbonyl (C=O) groups excluding carboxylic acids is 2. The van der Waals surface area contributed by atoms with E-state index in [4.69, 9.17) is 10.5 Å². The first kappa shape index (κ1) is 17.7. The number of morpholine rings is 1. The summed E-state index contributed by atoms with van der Waals surface area (Å²) in [7, 11) is 0. The van der Waals surface area contributed by atoms with Crippen molar-refractivity contribution in [2.45, 2.75) is 45.4 Å². The Morgan fingerprint density at radius 3 is 2.48 bits per heavy atom. The predicted molar refractivity (Wildman–Crippen MR) is 91.3 cm³/mol. The fourth-order valence-corrected chi connectivity index (χ4v) is 3.35. The molecule has 1 saturated carbocycles. The summed E-state index contributed by atoms with van der Waals surface area (Å²) in [6.07, 6.45) is 1.06. The van der Waals surface area contributed by atoms with Gasteiger partial charge in [0.1, 0.15) is 11.2 Å². The molecule has 3 N–H and O–H groups in total. The van der Waals surface area contributed by atoms with Crippen molar-refractivity contribution in [1.82, 2.24) is 5.32 Å². The molecular formula is C18H24FN3O3. The first-order chi connectivity index (χ1) is 11.8. The van der Waals surface area contributed by atoms with Gasteiger partial charge in [-0.25, -0.2) is 4.39 Å². The third kappa shape index (κ3) is 3.61. The molecule has 1 saturated heterocycles. The summed E-state index contributed by atoms with van der Waals surface area (Å²) in [6.45, 7) is 5.38. The molecule has 1 aliphatic heterocycles. The van der Waals surface area contributed by atoms with E-state index in [1.165, 1.54) is 6.07 Å². The zero-order chi connectivity index (χ0) is 18.2. The summed E-state index contributed by atoms with van der Waals surface area (Å²) >= 11 is 0. The van der Waals surface area contributed by atoms with Crippen LogP contribution in [0.15, 0.2) is 18.2 Å². The summed E-state index contributed by atoms with van der Waals surface area (Å²) in [6, 6.07) is 4.93. The summed E-state index contributed by atoms with van der Waals surface area (Å²) in [5, 5.41) is 2.68. The largest absolute Gasteiger partial charge is 0.372 e. The molecule has 1 aromatic carbocycles. The highest BCUT2D eigenvalue weighted by molar-refractivity contribution is 6.07. The van der Waals surface area contributed by atoms with Gasteiger partial charge in [0, 0.05) is 19.6 Å². The second kappa shape index (κ2) is 6.63. The molecule has 2 aliphatic rings. The predicted octanol–water partition coefficient (Wildman–Crippen LogP) is 1.32. The van der Waals surface area contributed by atoms with Gasteiger partial charge in [0.2, 0.25) is 11.8 Å². The molecular weight excluding hydrogens is 325 g/mol. The van der Waals surface area contributed by atoms with Crippen LogP contribution in [0.4, 0.5) is 10.1 Å². The molecule has 136 valence electrons. The molecule has 2 atom stereocenters. The van der Waals surface area contributed by atoms with Crippen LogP contribution in [0, 0.1) is 11.2 Å². The first-order valence-electron chi connectivity index (χ1n) is 8.59. The Morgan fingerprint density at radius 1 is 1.32 bits per heavy atom. The number of anilines is 1. The van der Waals surface area contributed by atoms with Crippen LogP contribution >= 0.6 is 0 Å². The maximum absolute atomic E-state index is 14.5. The molecule has 0 spiro atoms. The average molecular weight is 349 g/mol. The van der Waals surface area contributed by atoms with Gasteiger partial charge in [-0.3, -0.25) is 9.59 Å². The van der Waals surface area contributed by atoms with Gasteiger partial charge in [0.25, 0.3) is 0 Å². The standard InChI is InChI=1S/C18H24FN3O3/c1-11-9-22(10-12(2)25-11)15-4-3-13(7-14(15)19)8-21-17(24)18(5-6-18)16(20)23/h3-4,7,11-12H,5-6,8-10H2,1-2H3,(H2,20,23)(H,21,24)/t11-,12+. The Bertz CT molecular complexity index is 680. The summed E-state index contributed by atoms with van der Waals surface area (Å²) < 4.78 is 20.2. The van der Waals surface area contributed by atoms with Crippen molar-refractivity contribution in [2.75, 3.05) is 18.0 Å². The van der Waals surface area contributed by atoms with Crippen molar-refractivity contribution in [3.05, 3.63) is 29.6 Å². The lowest BCUT2D eigenvalue weighted by Crippen LogP contribution is -2.45. The van der Waals surface area contributed by atoms with E-state index in [1.54, 1.807) is 12.1 Å². The molecule has 7 heteroatoms. The molecule has 6 nitrogen and oxygen atoms in total. The number of benzene rings is 1. The monoisotopic (exact) mass is 349 g/mol. The lowest BCUT2D eigenvalue weighted by atomic mass is 10.1. The number of amides is 2. The Morgan fingerprint density at radius 2 is 1.96 bits per heavy atom. The molecule has 0 radical (unpaired) electrons. The maximum atomic E-state index is 14.5. The van der Waals surface area contributed by atoms with Crippen LogP contribution in [0.1, 0.15) is 32.3 Å². The van der Waals surface area contributed by atoms with Gasteiger partial charge < -0.3 is 20.7 Å². The molecule has 0 aromatic heterocycles. The smallest absolute Gasteiger partial charge is 0.235 e. The van der Waals surface area contributed by atoms with Gasteiger partial charge in [-0.05, 0) is 44.4 Å². The number of nitrogens with one attached hydrogen (secondary N) is 1. The number of nitrogens with zero attached hydrogens (tertiary/aromatic N) is 1. The van der Waals surface area contributed by atoms with E-state index in [0.717, 1.165) is 0 Å². The molecule has 1 heterocycles. The minimum absolute atomic E-state index is 0.0469. The van der Waals surface area contributed by atoms with Crippen molar-refractivity contribution in [1.29, 1.82) is 0 Å². The molecule has 3 rings (SSSR count). The maximum Gasteiger partial charge on any atom is 0.235 e. The number of hydrogen-bond donors (Lipinski definition) is 2. The second-order valence-electron chi connectivity index (χ2n) is 7.08. The van der Waals surface area contributed by atoms with E-state index in [0.29, 0.717) is 37.2 Å². The van der Waals surface area contributed by atoms with E-state index < -0.39 is 11.3 Å². The van der Waals surface area contributed by atoms with Gasteiger partial charge in [0.05, 0.1) is 17.9 Å². The third-order valence-electron chi connectivity index (χ3n) is 4.88. The Balaban J connectivity index is 1.64. The number of carbonyl (C=O) groups is 2. The van der Waals surface area contributed by atoms with Crippen molar-refractivity contribution in [3.63, 3.8) is 0 Å². The number of ether oxygens (including phenoxy) is 1. The Labute approximate surface area is 146 Å². The van der Waals surface area contributed by atoms with Crippen LogP contribution in [0.5, 0.6) is 0 Å². The SMILES string of the molecule is C[C@@H]1CN(c2ccc(CNC(=O)C3(C(N)=O)CC3)cc2F)C[C@H](C)O1. The van der Waals surface area contributed by atoms with Crippen LogP contribution in [-0.4, -0.2) is 37.1 Å². The van der Waals surface area contributed by atoms with Crippen molar-refractivity contribution >= 4 is 17.5 Å². The topological polar surface area (TPSA) is 84.7 Å². The summed E-state index contributed by atoms with van der Waals surface area (Å²) in [5.74, 6) is -1.30. The quantitative estimate of drug-likeness (QED) is 0.785. The second-order valence-corrected chi connectivity index (χ2v) is 7.08. The molecule has 0 unspecified atom stereocenters. The zero-order valence-electron chi connectivity index (χ0n) is 14.5. The molecule has 25 heavy (non-hydrogen) atoms. The van der Waals surface area contributed by atoms with Gasteiger partial charge >= 0.3 is 0 Å². The minimum Gasteiger partial charge on any atom is -0.372 e. The zero-order valence-corrected chi connectivity index (χ0v) is 14.5. The number of nitrogens with two attached hydrogens (primary N) is 1. The fraction of sp³-hybridized carbons (Fsp3) is 0.556. The Kier molecular flexibility index (Phi) is 4.69. The molecule has 2 amide bonds. The van der Waals surface area contributed by atoms with E-state index in [2.05, 4.69) is 5.32 Å². The van der Waals surface area contributed by atoms with Crippen LogP contribution in [0.2, 0.25) is 0 Å². The van der Waals surface area contributed by atoms with Crippen molar-refractivity contribution < 1.29 is 18.7 Å². The highest BCUT2D eigenvalue weighted by Gasteiger charge is 2.55. The van der Waals surface area contributed by atoms with E-state index in [-0.39, 0.29) is 30.5 Å². The lowest BCUT2D eigenvalue weighted by Gasteiger charge is -2.37. The van der Waals surface area contributed by atoms with Gasteiger partial charge in [-0.2, -0.15) is 0 Å². The summed E-state index contributed by atoms with van der Waals surface area (Å²) in [5.41, 5.74) is 5.40. The number of hydrogen-bond acceptors (Lipinski definition) is 4. The lowest BCUT2D eigenvalue weighted by molar-refractivity contribution is -0.135. The van der Waals surface area contributed by atoms with Crippen LogP contribution in [-0.2, 0) is 20.9 Å². The minimum atomic E-state index is -1.06. The molecule has 0 bridgehead atoms. The van der Waals surface area contributed by atoms with Crippen LogP contribution in [0.3, 0.4) is 0 Å². The number of rotatable bonds is 5. The van der Waals surface area contributed by atoms with E-state index >= 15 is 0 Å². The van der Waals surface area contributed by atoms with Gasteiger partial charge in [0.15, 0.2) is 0 Å². The molecule has 1 aliphatic carbocycles.